The maximum absolute atomic E-state index is 13.1. The van der Waals surface area contributed by atoms with Gasteiger partial charge in [0, 0.05) is 25.7 Å². The lowest BCUT2D eigenvalue weighted by molar-refractivity contribution is -0.161. The van der Waals surface area contributed by atoms with Crippen molar-refractivity contribution in [1.29, 1.82) is 0 Å². The van der Waals surface area contributed by atoms with Crippen LogP contribution in [-0.4, -0.2) is 96.7 Å². The van der Waals surface area contributed by atoms with E-state index in [2.05, 4.69) is 41.5 Å². The van der Waals surface area contributed by atoms with Crippen LogP contribution in [0.5, 0.6) is 0 Å². The van der Waals surface area contributed by atoms with Crippen LogP contribution < -0.4 is 0 Å². The smallest absolute Gasteiger partial charge is 0.462 e. The van der Waals surface area contributed by atoms with Crippen molar-refractivity contribution >= 4 is 39.5 Å². The monoisotopic (exact) mass is 1450 g/mol. The minimum atomic E-state index is -4.96. The molecule has 0 heterocycles. The van der Waals surface area contributed by atoms with Crippen molar-refractivity contribution in [3.63, 3.8) is 0 Å². The molecule has 3 N–H and O–H groups in total. The molecule has 0 radical (unpaired) electrons. The van der Waals surface area contributed by atoms with E-state index >= 15 is 0 Å². The van der Waals surface area contributed by atoms with E-state index in [1.165, 1.54) is 238 Å². The average Bonchev–Trinajstić information content (AvgIpc) is 1.24. The number of unbranched alkanes of at least 4 members (excludes halogenated alkanes) is 47. The molecular weight excluding hydrogens is 1290 g/mol. The third-order valence-electron chi connectivity index (χ3n) is 19.4. The first-order chi connectivity index (χ1) is 47.9. The van der Waals surface area contributed by atoms with Crippen LogP contribution in [0.3, 0.4) is 0 Å². The molecule has 0 aromatic carbocycles. The summed E-state index contributed by atoms with van der Waals surface area (Å²) in [7, 11) is -9.92. The highest BCUT2D eigenvalue weighted by atomic mass is 31.2. The van der Waals surface area contributed by atoms with Crippen LogP contribution in [0.4, 0.5) is 0 Å². The van der Waals surface area contributed by atoms with Crippen molar-refractivity contribution in [1.82, 2.24) is 0 Å². The highest BCUT2D eigenvalue weighted by Crippen LogP contribution is 2.45. The van der Waals surface area contributed by atoms with E-state index in [-0.39, 0.29) is 25.7 Å². The number of hydrogen-bond donors (Lipinski definition) is 3. The molecule has 0 aromatic heterocycles. The Bertz CT molecular complexity index is 1910. The SMILES string of the molecule is CCCCCCCCCCCCCCCC(=O)O[C@H](COC(=O)CCCCCCCCCCCC)COP(=O)(O)OC[C@H](O)COP(=O)(O)OC[C@@H](COC(=O)CCCCCCCCCCCCC(C)CC)OC(=O)CCCCCCCCCCCCCCCCCCCCC(C)CC. The molecule has 7 atom stereocenters. The van der Waals surface area contributed by atoms with Gasteiger partial charge in [-0.2, -0.15) is 0 Å². The van der Waals surface area contributed by atoms with Gasteiger partial charge in [0.25, 0.3) is 0 Å². The number of aliphatic hydroxyl groups excluding tert-OH is 1. The maximum Gasteiger partial charge on any atom is 0.472 e. The molecule has 0 saturated heterocycles. The van der Waals surface area contributed by atoms with Gasteiger partial charge >= 0.3 is 39.5 Å². The molecule has 0 amide bonds. The summed E-state index contributed by atoms with van der Waals surface area (Å²) >= 11 is 0. The van der Waals surface area contributed by atoms with Crippen LogP contribution in [0, 0.1) is 11.8 Å². The Morgan fingerprint density at radius 1 is 0.283 bits per heavy atom. The second-order valence-corrected chi connectivity index (χ2v) is 32.2. The van der Waals surface area contributed by atoms with Crippen LogP contribution in [-0.2, 0) is 65.4 Å². The second kappa shape index (κ2) is 71.7. The van der Waals surface area contributed by atoms with Crippen molar-refractivity contribution in [2.75, 3.05) is 39.6 Å². The van der Waals surface area contributed by atoms with Crippen LogP contribution in [0.2, 0.25) is 0 Å². The molecule has 0 fully saturated rings. The Morgan fingerprint density at radius 3 is 0.717 bits per heavy atom. The molecule has 588 valence electrons. The molecule has 0 aliphatic heterocycles. The highest BCUT2D eigenvalue weighted by Gasteiger charge is 2.30. The molecular formula is C80H156O17P2. The fraction of sp³-hybridized carbons (Fsp3) is 0.950. The van der Waals surface area contributed by atoms with E-state index in [4.69, 9.17) is 37.0 Å². The molecule has 0 saturated carbocycles. The Morgan fingerprint density at radius 2 is 0.485 bits per heavy atom. The summed E-state index contributed by atoms with van der Waals surface area (Å²) in [4.78, 5) is 72.9. The standard InChI is InChI=1S/C80H156O17P2/c1-7-11-13-15-17-19-21-28-32-40-46-52-58-64-79(84)96-75(68-90-77(82)62-56-50-44-38-20-18-16-14-12-8-2)70-94-98(86,87)92-66-74(81)67-93-99(88,89)95-71-76(69-91-78(83)63-57-51-45-39-35-34-37-43-49-55-61-73(6)10-4)97-80(85)65-59-53-47-41-33-30-27-25-23-22-24-26-29-31-36-42-48-54-60-72(5)9-3/h72-76,81H,7-71H2,1-6H3,(H,86,87)(H,88,89)/t72?,73?,74-,75+,76+/m0/s1. The van der Waals surface area contributed by atoms with E-state index in [0.29, 0.717) is 25.7 Å². The third kappa shape index (κ3) is 71.5. The zero-order chi connectivity index (χ0) is 72.8. The van der Waals surface area contributed by atoms with Gasteiger partial charge in [-0.15, -0.1) is 0 Å². The van der Waals surface area contributed by atoms with E-state index < -0.39 is 97.5 Å². The van der Waals surface area contributed by atoms with Gasteiger partial charge in [-0.1, -0.05) is 369 Å². The number of hydrogen-bond acceptors (Lipinski definition) is 15. The fourth-order valence-electron chi connectivity index (χ4n) is 12.3. The molecule has 0 spiro atoms. The first kappa shape index (κ1) is 97.1. The van der Waals surface area contributed by atoms with Gasteiger partial charge in [0.2, 0.25) is 0 Å². The Labute approximate surface area is 607 Å². The van der Waals surface area contributed by atoms with Crippen molar-refractivity contribution in [3.8, 4) is 0 Å². The Hall–Kier alpha value is -1.94. The van der Waals surface area contributed by atoms with E-state index in [1.807, 2.05) is 0 Å². The zero-order valence-electron chi connectivity index (χ0n) is 64.8. The number of esters is 4. The lowest BCUT2D eigenvalue weighted by Gasteiger charge is -2.21. The minimum Gasteiger partial charge on any atom is -0.462 e. The van der Waals surface area contributed by atoms with Gasteiger partial charge in [-0.25, -0.2) is 9.13 Å². The number of carbonyl (C=O) groups excluding carboxylic acids is 4. The topological polar surface area (TPSA) is 237 Å². The van der Waals surface area contributed by atoms with E-state index in [9.17, 15) is 43.2 Å². The normalized spacial score (nSPS) is 14.5. The molecule has 0 bridgehead atoms. The van der Waals surface area contributed by atoms with Crippen LogP contribution >= 0.6 is 15.6 Å². The summed E-state index contributed by atoms with van der Waals surface area (Å²) in [5.41, 5.74) is 0. The van der Waals surface area contributed by atoms with Crippen LogP contribution in [0.15, 0.2) is 0 Å². The molecule has 99 heavy (non-hydrogen) atoms. The van der Waals surface area contributed by atoms with Crippen LogP contribution in [0.25, 0.3) is 0 Å². The molecule has 19 heteroatoms. The summed E-state index contributed by atoms with van der Waals surface area (Å²) in [5, 5.41) is 10.6. The molecule has 0 aliphatic rings. The van der Waals surface area contributed by atoms with Crippen molar-refractivity contribution in [2.24, 2.45) is 11.8 Å². The molecule has 4 unspecified atom stereocenters. The van der Waals surface area contributed by atoms with Gasteiger partial charge in [0.15, 0.2) is 12.2 Å². The largest absolute Gasteiger partial charge is 0.472 e. The maximum atomic E-state index is 13.1. The first-order valence-corrected chi connectivity index (χ1v) is 44.6. The molecule has 0 aliphatic carbocycles. The Balaban J connectivity index is 5.21. The quantitative estimate of drug-likeness (QED) is 0.0222. The molecule has 17 nitrogen and oxygen atoms in total. The number of phosphoric acid groups is 2. The van der Waals surface area contributed by atoms with Gasteiger partial charge in [-0.05, 0) is 37.5 Å². The number of aliphatic hydroxyl groups is 1. The second-order valence-electron chi connectivity index (χ2n) is 29.3. The summed E-state index contributed by atoms with van der Waals surface area (Å²) in [6, 6.07) is 0. The van der Waals surface area contributed by atoms with Crippen molar-refractivity contribution in [3.05, 3.63) is 0 Å². The minimum absolute atomic E-state index is 0.108. The summed E-state index contributed by atoms with van der Waals surface area (Å²) in [5.74, 6) is -0.429. The van der Waals surface area contributed by atoms with Gasteiger partial charge in [0.1, 0.15) is 19.3 Å². The summed E-state index contributed by atoms with van der Waals surface area (Å²) < 4.78 is 68.6. The lowest BCUT2D eigenvalue weighted by atomic mass is 9.99. The van der Waals surface area contributed by atoms with E-state index in [1.54, 1.807) is 0 Å². The molecule has 0 rings (SSSR count). The number of ether oxygens (including phenoxy) is 4. The molecule has 0 aromatic rings. The highest BCUT2D eigenvalue weighted by molar-refractivity contribution is 7.47. The lowest BCUT2D eigenvalue weighted by Crippen LogP contribution is -2.30. The third-order valence-corrected chi connectivity index (χ3v) is 21.3. The fourth-order valence-corrected chi connectivity index (χ4v) is 13.9. The van der Waals surface area contributed by atoms with E-state index in [0.717, 1.165) is 102 Å². The first-order valence-electron chi connectivity index (χ1n) is 41.6. The summed E-state index contributed by atoms with van der Waals surface area (Å²) in [6.45, 7) is 9.71. The van der Waals surface area contributed by atoms with Crippen molar-refractivity contribution < 1.29 is 80.2 Å². The van der Waals surface area contributed by atoms with Crippen molar-refractivity contribution in [2.45, 2.75) is 439 Å². The van der Waals surface area contributed by atoms with Gasteiger partial charge < -0.3 is 33.8 Å². The number of phosphoric ester groups is 2. The number of carbonyl (C=O) groups is 4. The van der Waals surface area contributed by atoms with Gasteiger partial charge in [0.05, 0.1) is 26.4 Å². The Kier molecular flexibility index (Phi) is 70.3. The van der Waals surface area contributed by atoms with Crippen LogP contribution in [0.1, 0.15) is 420 Å². The zero-order valence-corrected chi connectivity index (χ0v) is 66.6. The summed E-state index contributed by atoms with van der Waals surface area (Å²) in [6.07, 6.45) is 60.9. The predicted octanol–water partition coefficient (Wildman–Crippen LogP) is 23.9. The average molecular weight is 1450 g/mol. The number of rotatable bonds is 79. The predicted molar refractivity (Wildman–Crippen MR) is 405 cm³/mol. The van der Waals surface area contributed by atoms with Gasteiger partial charge in [-0.3, -0.25) is 37.3 Å².